The number of hydrogen-bond acceptors (Lipinski definition) is 1. The summed E-state index contributed by atoms with van der Waals surface area (Å²) in [5.41, 5.74) is 0. The molecule has 14 heavy (non-hydrogen) atoms. The van der Waals surface area contributed by atoms with Gasteiger partial charge in [-0.3, -0.25) is 0 Å². The highest BCUT2D eigenvalue weighted by molar-refractivity contribution is 6.66. The fraction of sp³-hybridized carbons (Fsp3) is 1.00. The predicted molar refractivity (Wildman–Crippen MR) is 37.3 cm³/mol. The second-order valence-electron chi connectivity index (χ2n) is 2.03. The summed E-state index contributed by atoms with van der Waals surface area (Å²) in [4.78, 5) is 0. The van der Waals surface area contributed by atoms with Crippen LogP contribution in [0, 0.1) is 0 Å². The topological polar surface area (TPSA) is 9.23 Å². The molecule has 0 aliphatic rings. The zero-order valence-electron chi connectivity index (χ0n) is 5.89. The van der Waals surface area contributed by atoms with Crippen LogP contribution in [0.1, 0.15) is 0 Å². The van der Waals surface area contributed by atoms with E-state index in [4.69, 9.17) is 0 Å². The van der Waals surface area contributed by atoms with Gasteiger partial charge >= 0.3 is 12.4 Å². The van der Waals surface area contributed by atoms with Crippen LogP contribution in [0.4, 0.5) is 26.3 Å². The molecule has 0 heterocycles. The van der Waals surface area contributed by atoms with Gasteiger partial charge in [-0.2, -0.15) is 26.3 Å². The number of halogens is 9. The van der Waals surface area contributed by atoms with Gasteiger partial charge in [-0.15, -0.1) is 0 Å². The van der Waals surface area contributed by atoms with E-state index >= 15 is 0 Å². The smallest absolute Gasteiger partial charge is 0.312 e. The van der Waals surface area contributed by atoms with Gasteiger partial charge in [0.2, 0.25) is 0 Å². The molecule has 0 aliphatic carbocycles. The minimum Gasteiger partial charge on any atom is -0.312 e. The molecule has 0 amide bonds. The summed E-state index contributed by atoms with van der Waals surface area (Å²) in [5, 5.41) is 0. The maximum atomic E-state index is 11.7. The van der Waals surface area contributed by atoms with Crippen LogP contribution in [0.5, 0.6) is 0 Å². The van der Waals surface area contributed by atoms with Gasteiger partial charge in [0.1, 0.15) is 0 Å². The quantitative estimate of drug-likeness (QED) is 0.525. The van der Waals surface area contributed by atoms with Crippen molar-refractivity contribution in [2.24, 2.45) is 0 Å². The van der Waals surface area contributed by atoms with Gasteiger partial charge in [-0.25, -0.2) is 0 Å². The summed E-state index contributed by atoms with van der Waals surface area (Å²) in [7, 11) is 0. The maximum absolute atomic E-state index is 11.7. The first-order valence-electron chi connectivity index (χ1n) is 2.72. The number of ether oxygens (including phenoxy) is 1. The molecule has 0 unspecified atom stereocenters. The average molecular weight is 285 g/mol. The zero-order valence-corrected chi connectivity index (χ0v) is 8.16. The summed E-state index contributed by atoms with van der Waals surface area (Å²) in [5.74, 6) is 0. The molecule has 0 aromatic rings. The van der Waals surface area contributed by atoms with Gasteiger partial charge in [0.15, 0.2) is 0 Å². The van der Waals surface area contributed by atoms with Crippen LogP contribution in [0.15, 0.2) is 0 Å². The van der Waals surface area contributed by atoms with Crippen LogP contribution in [0.25, 0.3) is 0 Å². The summed E-state index contributed by atoms with van der Waals surface area (Å²) in [6.45, 7) is 0. The predicted octanol–water partition coefficient (Wildman–Crippen LogP) is 3.82. The molecule has 0 atom stereocenters. The van der Waals surface area contributed by atoms with E-state index < -0.39 is 22.4 Å². The van der Waals surface area contributed by atoms with Gasteiger partial charge in [-0.1, -0.05) is 34.8 Å². The van der Waals surface area contributed by atoms with Crippen LogP contribution < -0.4 is 0 Å². The standard InChI is InChI=1S/C4HCl3F6O/c5-4(6,7)14-1(2(8,9)10)3(11,12)13/h1H. The summed E-state index contributed by atoms with van der Waals surface area (Å²) in [6.07, 6.45) is -15.5. The molecule has 0 saturated carbocycles. The van der Waals surface area contributed by atoms with E-state index in [-0.39, 0.29) is 0 Å². The third-order valence-corrected chi connectivity index (χ3v) is 1.11. The monoisotopic (exact) mass is 284 g/mol. The molecule has 0 rings (SSSR count). The minimum absolute atomic E-state index is 3.09. The molecular weight excluding hydrogens is 284 g/mol. The van der Waals surface area contributed by atoms with E-state index in [0.717, 1.165) is 0 Å². The molecule has 0 spiro atoms. The SMILES string of the molecule is FC(F)(F)C(OC(Cl)(Cl)Cl)C(F)(F)F. The van der Waals surface area contributed by atoms with Gasteiger partial charge in [0.05, 0.1) is 0 Å². The van der Waals surface area contributed by atoms with Gasteiger partial charge in [0.25, 0.3) is 10.1 Å². The highest BCUT2D eigenvalue weighted by atomic mass is 35.6. The minimum atomic E-state index is -5.69. The van der Waals surface area contributed by atoms with Crippen molar-refractivity contribution in [1.29, 1.82) is 0 Å². The van der Waals surface area contributed by atoms with E-state index in [9.17, 15) is 26.3 Å². The molecule has 0 aliphatic heterocycles. The first-order valence-corrected chi connectivity index (χ1v) is 3.85. The first kappa shape index (κ1) is 14.4. The van der Waals surface area contributed by atoms with Crippen LogP contribution in [0.3, 0.4) is 0 Å². The molecule has 10 heteroatoms. The van der Waals surface area contributed by atoms with E-state index in [2.05, 4.69) is 39.5 Å². The lowest BCUT2D eigenvalue weighted by Crippen LogP contribution is -2.46. The Balaban J connectivity index is 4.78. The summed E-state index contributed by atoms with van der Waals surface area (Å²) in [6, 6.07) is 0. The second kappa shape index (κ2) is 4.11. The van der Waals surface area contributed by atoms with Gasteiger partial charge < -0.3 is 4.74 Å². The average Bonchev–Trinajstić information content (AvgIpc) is 1.75. The molecule has 1 nitrogen and oxygen atoms in total. The van der Waals surface area contributed by atoms with Crippen LogP contribution >= 0.6 is 34.8 Å². The van der Waals surface area contributed by atoms with Crippen molar-refractivity contribution in [3.8, 4) is 0 Å². The Bertz CT molecular complexity index is 179. The molecule has 0 aromatic carbocycles. The Kier molecular flexibility index (Phi) is 4.23. The zero-order chi connectivity index (χ0) is 11.8. The normalized spacial score (nSPS) is 15.0. The highest BCUT2D eigenvalue weighted by Gasteiger charge is 2.60. The van der Waals surface area contributed by atoms with E-state index in [1.807, 2.05) is 0 Å². The van der Waals surface area contributed by atoms with Gasteiger partial charge in [0, 0.05) is 0 Å². The highest BCUT2D eigenvalue weighted by Crippen LogP contribution is 2.41. The fourth-order valence-electron chi connectivity index (χ4n) is 0.453. The lowest BCUT2D eigenvalue weighted by Gasteiger charge is -2.26. The van der Waals surface area contributed by atoms with Crippen molar-refractivity contribution in [1.82, 2.24) is 0 Å². The second-order valence-corrected chi connectivity index (χ2v) is 4.20. The molecular formula is C4HCl3F6O. The summed E-state index contributed by atoms with van der Waals surface area (Å²) < 4.78 is 70.5. The summed E-state index contributed by atoms with van der Waals surface area (Å²) >= 11 is 13.9. The Labute approximate surface area is 88.9 Å². The first-order chi connectivity index (χ1) is 5.84. The molecule has 0 radical (unpaired) electrons. The van der Waals surface area contributed by atoms with Crippen LogP contribution in [-0.4, -0.2) is 22.4 Å². The number of hydrogen-bond donors (Lipinski definition) is 0. The lowest BCUT2D eigenvalue weighted by atomic mass is 10.3. The van der Waals surface area contributed by atoms with E-state index in [0.29, 0.717) is 0 Å². The van der Waals surface area contributed by atoms with Crippen LogP contribution in [0.2, 0.25) is 0 Å². The molecule has 0 N–H and O–H groups in total. The number of rotatable bonds is 1. The third-order valence-electron chi connectivity index (χ3n) is 0.846. The molecule has 0 bridgehead atoms. The molecule has 0 saturated heterocycles. The molecule has 0 aromatic heterocycles. The Morgan fingerprint density at radius 2 is 1.07 bits per heavy atom. The van der Waals surface area contributed by atoms with E-state index in [1.165, 1.54) is 0 Å². The largest absolute Gasteiger partial charge is 0.423 e. The van der Waals surface area contributed by atoms with Crippen molar-refractivity contribution in [3.63, 3.8) is 0 Å². The van der Waals surface area contributed by atoms with Crippen molar-refractivity contribution in [2.75, 3.05) is 0 Å². The van der Waals surface area contributed by atoms with E-state index in [1.54, 1.807) is 0 Å². The Hall–Kier alpha value is 0.410. The fourth-order valence-corrected chi connectivity index (χ4v) is 0.720. The van der Waals surface area contributed by atoms with Crippen molar-refractivity contribution < 1.29 is 31.1 Å². The lowest BCUT2D eigenvalue weighted by molar-refractivity contribution is -0.323. The third kappa shape index (κ3) is 5.33. The van der Waals surface area contributed by atoms with Crippen molar-refractivity contribution in [3.05, 3.63) is 0 Å². The van der Waals surface area contributed by atoms with Gasteiger partial charge in [-0.05, 0) is 0 Å². The maximum Gasteiger partial charge on any atom is 0.423 e. The number of alkyl halides is 9. The molecule has 86 valence electrons. The Morgan fingerprint density at radius 3 is 1.14 bits per heavy atom. The van der Waals surface area contributed by atoms with Crippen LogP contribution in [-0.2, 0) is 4.74 Å². The van der Waals surface area contributed by atoms with Crippen molar-refractivity contribution >= 4 is 34.8 Å². The Morgan fingerprint density at radius 1 is 0.786 bits per heavy atom. The van der Waals surface area contributed by atoms with Crippen molar-refractivity contribution in [2.45, 2.75) is 22.4 Å². The molecule has 0 fully saturated rings.